The topological polar surface area (TPSA) is 85.1 Å². The maximum absolute atomic E-state index is 11.8. The average molecular weight is 269 g/mol. The van der Waals surface area contributed by atoms with Crippen LogP contribution < -0.4 is 10.5 Å². The van der Waals surface area contributed by atoms with Crippen molar-refractivity contribution in [3.63, 3.8) is 0 Å². The molecule has 1 aromatic heterocycles. The Labute approximate surface area is 95.9 Å². The Bertz CT molecular complexity index is 487. The SMILES string of the molecule is Nc1cc(S(=O)(=O)NCCC(F)(F)F)ccn1. The van der Waals surface area contributed by atoms with Crippen LogP contribution in [0.15, 0.2) is 23.2 Å². The molecule has 0 bridgehead atoms. The van der Waals surface area contributed by atoms with Crippen LogP contribution in [-0.2, 0) is 10.0 Å². The molecule has 1 heterocycles. The molecule has 5 nitrogen and oxygen atoms in total. The summed E-state index contributed by atoms with van der Waals surface area (Å²) < 4.78 is 60.3. The molecule has 0 atom stereocenters. The van der Waals surface area contributed by atoms with Crippen LogP contribution in [-0.4, -0.2) is 26.1 Å². The second kappa shape index (κ2) is 4.88. The van der Waals surface area contributed by atoms with Crippen LogP contribution in [0.2, 0.25) is 0 Å². The molecule has 0 unspecified atom stereocenters. The predicted octanol–water partition coefficient (Wildman–Crippen LogP) is 0.895. The van der Waals surface area contributed by atoms with Crippen molar-refractivity contribution in [2.75, 3.05) is 12.3 Å². The fraction of sp³-hybridized carbons (Fsp3) is 0.375. The number of hydrogen-bond acceptors (Lipinski definition) is 4. The van der Waals surface area contributed by atoms with E-state index in [2.05, 4.69) is 4.98 Å². The van der Waals surface area contributed by atoms with Gasteiger partial charge in [-0.3, -0.25) is 0 Å². The molecule has 17 heavy (non-hydrogen) atoms. The largest absolute Gasteiger partial charge is 0.390 e. The zero-order valence-electron chi connectivity index (χ0n) is 8.53. The van der Waals surface area contributed by atoms with Crippen LogP contribution >= 0.6 is 0 Å². The van der Waals surface area contributed by atoms with Gasteiger partial charge in [0.15, 0.2) is 0 Å². The van der Waals surface area contributed by atoms with Crippen LogP contribution in [0.1, 0.15) is 6.42 Å². The molecular formula is C8H10F3N3O2S. The number of sulfonamides is 1. The Morgan fingerprint density at radius 3 is 2.59 bits per heavy atom. The van der Waals surface area contributed by atoms with E-state index in [-0.39, 0.29) is 10.7 Å². The highest BCUT2D eigenvalue weighted by Crippen LogP contribution is 2.19. The van der Waals surface area contributed by atoms with Gasteiger partial charge in [-0.25, -0.2) is 18.1 Å². The number of alkyl halides is 3. The lowest BCUT2D eigenvalue weighted by Gasteiger charge is -2.08. The van der Waals surface area contributed by atoms with Gasteiger partial charge >= 0.3 is 6.18 Å². The molecule has 0 saturated carbocycles. The average Bonchev–Trinajstić information content (AvgIpc) is 2.15. The van der Waals surface area contributed by atoms with Gasteiger partial charge in [-0.1, -0.05) is 0 Å². The molecule has 0 fully saturated rings. The van der Waals surface area contributed by atoms with E-state index in [1.54, 1.807) is 0 Å². The van der Waals surface area contributed by atoms with Gasteiger partial charge in [0.05, 0.1) is 11.3 Å². The van der Waals surface area contributed by atoms with Crippen molar-refractivity contribution in [1.29, 1.82) is 0 Å². The lowest BCUT2D eigenvalue weighted by Crippen LogP contribution is -2.28. The summed E-state index contributed by atoms with van der Waals surface area (Å²) in [7, 11) is -3.98. The Hall–Kier alpha value is -1.35. The number of rotatable bonds is 4. The van der Waals surface area contributed by atoms with E-state index in [4.69, 9.17) is 5.73 Å². The molecule has 1 rings (SSSR count). The fourth-order valence-corrected chi connectivity index (χ4v) is 2.06. The van der Waals surface area contributed by atoms with Crippen molar-refractivity contribution in [3.8, 4) is 0 Å². The molecule has 0 radical (unpaired) electrons. The van der Waals surface area contributed by atoms with Gasteiger partial charge in [0.1, 0.15) is 5.82 Å². The maximum Gasteiger partial charge on any atom is 0.390 e. The molecule has 96 valence electrons. The minimum absolute atomic E-state index is 0.0244. The summed E-state index contributed by atoms with van der Waals surface area (Å²) in [6.45, 7) is -0.714. The Kier molecular flexibility index (Phi) is 3.94. The molecule has 0 spiro atoms. The summed E-state index contributed by atoms with van der Waals surface area (Å²) in [5.41, 5.74) is 5.27. The normalized spacial score (nSPS) is 12.6. The highest BCUT2D eigenvalue weighted by Gasteiger charge is 2.27. The number of nitrogens with one attached hydrogen (secondary N) is 1. The molecule has 0 amide bonds. The zero-order valence-corrected chi connectivity index (χ0v) is 9.35. The van der Waals surface area contributed by atoms with Gasteiger partial charge < -0.3 is 5.73 Å². The van der Waals surface area contributed by atoms with Crippen LogP contribution in [0.5, 0.6) is 0 Å². The van der Waals surface area contributed by atoms with E-state index in [1.165, 1.54) is 0 Å². The second-order valence-corrected chi connectivity index (χ2v) is 4.95. The van der Waals surface area contributed by atoms with Crippen molar-refractivity contribution in [3.05, 3.63) is 18.3 Å². The standard InChI is InChI=1S/C8H10F3N3O2S/c9-8(10,11)2-4-14-17(15,16)6-1-3-13-7(12)5-6/h1,3,5,14H,2,4H2,(H2,12,13). The summed E-state index contributed by atoms with van der Waals surface area (Å²) >= 11 is 0. The molecule has 0 aliphatic carbocycles. The van der Waals surface area contributed by atoms with Crippen molar-refractivity contribution in [2.45, 2.75) is 17.5 Å². The lowest BCUT2D eigenvalue weighted by molar-refractivity contribution is -0.132. The van der Waals surface area contributed by atoms with E-state index in [0.29, 0.717) is 0 Å². The first-order valence-corrected chi connectivity index (χ1v) is 5.97. The van der Waals surface area contributed by atoms with Crippen molar-refractivity contribution in [2.24, 2.45) is 0 Å². The Morgan fingerprint density at radius 2 is 2.06 bits per heavy atom. The molecule has 1 aromatic rings. The van der Waals surface area contributed by atoms with E-state index in [0.717, 1.165) is 18.3 Å². The van der Waals surface area contributed by atoms with Crippen molar-refractivity contribution in [1.82, 2.24) is 9.71 Å². The number of halogens is 3. The minimum atomic E-state index is -4.40. The molecule has 0 aromatic carbocycles. The number of hydrogen-bond donors (Lipinski definition) is 2. The molecule has 3 N–H and O–H groups in total. The second-order valence-electron chi connectivity index (χ2n) is 3.18. The number of nitrogens with zero attached hydrogens (tertiary/aromatic N) is 1. The minimum Gasteiger partial charge on any atom is -0.384 e. The van der Waals surface area contributed by atoms with Gasteiger partial charge in [-0.2, -0.15) is 13.2 Å². The fourth-order valence-electron chi connectivity index (χ4n) is 1.01. The van der Waals surface area contributed by atoms with Crippen LogP contribution in [0.3, 0.4) is 0 Å². The third-order valence-corrected chi connectivity index (χ3v) is 3.22. The van der Waals surface area contributed by atoms with E-state index >= 15 is 0 Å². The van der Waals surface area contributed by atoms with Crippen LogP contribution in [0.25, 0.3) is 0 Å². The monoisotopic (exact) mass is 269 g/mol. The van der Waals surface area contributed by atoms with E-state index in [1.807, 2.05) is 4.72 Å². The number of nitrogens with two attached hydrogens (primary N) is 1. The smallest absolute Gasteiger partial charge is 0.384 e. The first-order valence-electron chi connectivity index (χ1n) is 4.49. The summed E-state index contributed by atoms with van der Waals surface area (Å²) in [6, 6.07) is 2.21. The molecule has 9 heteroatoms. The Morgan fingerprint density at radius 1 is 1.41 bits per heavy atom. The van der Waals surface area contributed by atoms with Gasteiger partial charge in [-0.05, 0) is 6.07 Å². The number of nitrogen functional groups attached to an aromatic ring is 1. The van der Waals surface area contributed by atoms with Gasteiger partial charge in [-0.15, -0.1) is 0 Å². The predicted molar refractivity (Wildman–Crippen MR) is 54.5 cm³/mol. The maximum atomic E-state index is 11.8. The molecule has 0 saturated heterocycles. The summed E-state index contributed by atoms with van der Waals surface area (Å²) in [6.07, 6.45) is -4.47. The lowest BCUT2D eigenvalue weighted by atomic mass is 10.4. The van der Waals surface area contributed by atoms with E-state index in [9.17, 15) is 21.6 Å². The zero-order chi connectivity index (χ0) is 13.1. The summed E-state index contributed by atoms with van der Waals surface area (Å²) in [5, 5.41) is 0. The van der Waals surface area contributed by atoms with Gasteiger partial charge in [0.25, 0.3) is 0 Å². The van der Waals surface area contributed by atoms with Gasteiger partial charge in [0, 0.05) is 18.8 Å². The number of pyridine rings is 1. The Balaban J connectivity index is 2.70. The van der Waals surface area contributed by atoms with Crippen molar-refractivity contribution < 1.29 is 21.6 Å². The highest BCUT2D eigenvalue weighted by atomic mass is 32.2. The first kappa shape index (κ1) is 13.7. The highest BCUT2D eigenvalue weighted by molar-refractivity contribution is 7.89. The van der Waals surface area contributed by atoms with Gasteiger partial charge in [0.2, 0.25) is 10.0 Å². The summed E-state index contributed by atoms with van der Waals surface area (Å²) in [5.74, 6) is -0.0244. The summed E-state index contributed by atoms with van der Waals surface area (Å²) in [4.78, 5) is 3.36. The van der Waals surface area contributed by atoms with E-state index < -0.39 is 29.2 Å². The number of anilines is 1. The quantitative estimate of drug-likeness (QED) is 0.850. The third kappa shape index (κ3) is 4.57. The third-order valence-electron chi connectivity index (χ3n) is 1.76. The number of aromatic nitrogens is 1. The first-order chi connectivity index (χ1) is 7.71. The molecular weight excluding hydrogens is 259 g/mol. The van der Waals surface area contributed by atoms with Crippen LogP contribution in [0.4, 0.5) is 19.0 Å². The molecule has 0 aliphatic heterocycles. The van der Waals surface area contributed by atoms with Crippen LogP contribution in [0, 0.1) is 0 Å². The molecule has 0 aliphatic rings. The van der Waals surface area contributed by atoms with Crippen molar-refractivity contribution >= 4 is 15.8 Å².